The Balaban J connectivity index is 2.47. The molecule has 2 N–H and O–H groups in total. The van der Waals surface area contributed by atoms with Crippen LogP contribution in [-0.4, -0.2) is 17.6 Å². The van der Waals surface area contributed by atoms with Gasteiger partial charge in [-0.25, -0.2) is 4.98 Å². The minimum Gasteiger partial charge on any atom is -0.492 e. The van der Waals surface area contributed by atoms with Crippen LogP contribution in [0.3, 0.4) is 0 Å². The van der Waals surface area contributed by atoms with E-state index in [0.29, 0.717) is 17.5 Å². The molecule has 1 heterocycles. The molecule has 0 aliphatic heterocycles. The van der Waals surface area contributed by atoms with E-state index in [-0.39, 0.29) is 6.04 Å². The molecule has 0 spiro atoms. The van der Waals surface area contributed by atoms with Crippen LogP contribution in [0.5, 0.6) is 5.75 Å². The third-order valence-electron chi connectivity index (χ3n) is 1.61. The van der Waals surface area contributed by atoms with Gasteiger partial charge in [0, 0.05) is 6.04 Å². The minimum absolute atomic E-state index is 0.152. The van der Waals surface area contributed by atoms with Gasteiger partial charge in [0.1, 0.15) is 10.9 Å². The summed E-state index contributed by atoms with van der Waals surface area (Å²) in [5.41, 5.74) is 5.58. The maximum absolute atomic E-state index is 5.73. The molecular formula is C9H12BrClN2O. The van der Waals surface area contributed by atoms with Crippen molar-refractivity contribution in [2.45, 2.75) is 19.4 Å². The van der Waals surface area contributed by atoms with Crippen LogP contribution in [0.15, 0.2) is 16.7 Å². The van der Waals surface area contributed by atoms with Crippen LogP contribution in [0.1, 0.15) is 13.3 Å². The molecule has 0 aliphatic carbocycles. The molecule has 78 valence electrons. The molecule has 5 heteroatoms. The summed E-state index contributed by atoms with van der Waals surface area (Å²) in [7, 11) is 0. The van der Waals surface area contributed by atoms with Crippen molar-refractivity contribution in [3.8, 4) is 5.75 Å². The second kappa shape index (κ2) is 5.53. The van der Waals surface area contributed by atoms with E-state index < -0.39 is 0 Å². The predicted molar refractivity (Wildman–Crippen MR) is 60.7 cm³/mol. The topological polar surface area (TPSA) is 48.1 Å². The summed E-state index contributed by atoms with van der Waals surface area (Å²) in [4.78, 5) is 3.94. The molecule has 1 aromatic heterocycles. The standard InChI is InChI=1S/C9H12BrClN2O/c1-6(12)2-3-14-7-4-8(10)9(11)13-5-7/h4-6H,2-3,12H2,1H3. The molecule has 0 saturated heterocycles. The monoisotopic (exact) mass is 278 g/mol. The summed E-state index contributed by atoms with van der Waals surface area (Å²) in [6.45, 7) is 2.53. The summed E-state index contributed by atoms with van der Waals surface area (Å²) < 4.78 is 6.16. The lowest BCUT2D eigenvalue weighted by Gasteiger charge is -2.08. The van der Waals surface area contributed by atoms with Crippen LogP contribution in [0.25, 0.3) is 0 Å². The normalized spacial score (nSPS) is 12.6. The Morgan fingerprint density at radius 2 is 2.43 bits per heavy atom. The third kappa shape index (κ3) is 3.82. The van der Waals surface area contributed by atoms with Crippen molar-refractivity contribution in [3.63, 3.8) is 0 Å². The first-order valence-electron chi connectivity index (χ1n) is 4.29. The van der Waals surface area contributed by atoms with Crippen molar-refractivity contribution in [2.24, 2.45) is 5.73 Å². The predicted octanol–water partition coefficient (Wildman–Crippen LogP) is 2.61. The van der Waals surface area contributed by atoms with E-state index in [1.807, 2.05) is 6.92 Å². The highest BCUT2D eigenvalue weighted by Crippen LogP contribution is 2.24. The zero-order valence-electron chi connectivity index (χ0n) is 7.84. The van der Waals surface area contributed by atoms with Gasteiger partial charge in [0.2, 0.25) is 0 Å². The molecule has 1 unspecified atom stereocenters. The maximum Gasteiger partial charge on any atom is 0.143 e. The number of halogens is 2. The van der Waals surface area contributed by atoms with Crippen LogP contribution < -0.4 is 10.5 Å². The van der Waals surface area contributed by atoms with Crippen LogP contribution >= 0.6 is 27.5 Å². The molecule has 1 aromatic rings. The number of nitrogens with two attached hydrogens (primary N) is 1. The lowest BCUT2D eigenvalue weighted by molar-refractivity contribution is 0.300. The highest BCUT2D eigenvalue weighted by Gasteiger charge is 2.01. The Morgan fingerprint density at radius 3 is 3.00 bits per heavy atom. The number of hydrogen-bond acceptors (Lipinski definition) is 3. The highest BCUT2D eigenvalue weighted by molar-refractivity contribution is 9.10. The Kier molecular flexibility index (Phi) is 4.65. The number of ether oxygens (including phenoxy) is 1. The Hall–Kier alpha value is -0.320. The molecule has 0 amide bonds. The maximum atomic E-state index is 5.73. The smallest absolute Gasteiger partial charge is 0.143 e. The third-order valence-corrected chi connectivity index (χ3v) is 2.75. The van der Waals surface area contributed by atoms with Crippen molar-refractivity contribution in [3.05, 3.63) is 21.9 Å². The van der Waals surface area contributed by atoms with Gasteiger partial charge in [0.05, 0.1) is 17.3 Å². The van der Waals surface area contributed by atoms with Crippen LogP contribution in [0.2, 0.25) is 5.15 Å². The highest BCUT2D eigenvalue weighted by atomic mass is 79.9. The minimum atomic E-state index is 0.152. The molecular weight excluding hydrogens is 267 g/mol. The fourth-order valence-corrected chi connectivity index (χ4v) is 1.28. The Morgan fingerprint density at radius 1 is 1.71 bits per heavy atom. The lowest BCUT2D eigenvalue weighted by Crippen LogP contribution is -2.18. The molecule has 0 bridgehead atoms. The van der Waals surface area contributed by atoms with Gasteiger partial charge in [-0.05, 0) is 35.3 Å². The molecule has 0 radical (unpaired) electrons. The summed E-state index contributed by atoms with van der Waals surface area (Å²) in [5.74, 6) is 0.696. The Bertz CT molecular complexity index is 307. The van der Waals surface area contributed by atoms with Crippen LogP contribution in [-0.2, 0) is 0 Å². The van der Waals surface area contributed by atoms with Gasteiger partial charge in [0.15, 0.2) is 0 Å². The zero-order valence-corrected chi connectivity index (χ0v) is 10.2. The van der Waals surface area contributed by atoms with Gasteiger partial charge >= 0.3 is 0 Å². The van der Waals surface area contributed by atoms with Crippen molar-refractivity contribution in [1.29, 1.82) is 0 Å². The molecule has 3 nitrogen and oxygen atoms in total. The number of rotatable bonds is 4. The fourth-order valence-electron chi connectivity index (χ4n) is 0.845. The van der Waals surface area contributed by atoms with Gasteiger partial charge in [0.25, 0.3) is 0 Å². The largest absolute Gasteiger partial charge is 0.492 e. The molecule has 14 heavy (non-hydrogen) atoms. The summed E-state index contributed by atoms with van der Waals surface area (Å²) in [6, 6.07) is 1.94. The van der Waals surface area contributed by atoms with E-state index in [0.717, 1.165) is 10.9 Å². The molecule has 1 rings (SSSR count). The second-order valence-electron chi connectivity index (χ2n) is 3.06. The second-order valence-corrected chi connectivity index (χ2v) is 4.27. The van der Waals surface area contributed by atoms with E-state index in [1.54, 1.807) is 12.3 Å². The zero-order chi connectivity index (χ0) is 10.6. The van der Waals surface area contributed by atoms with Gasteiger partial charge < -0.3 is 10.5 Å². The summed E-state index contributed by atoms with van der Waals surface area (Å²) in [5, 5.41) is 0.435. The number of aromatic nitrogens is 1. The molecule has 1 atom stereocenters. The number of pyridine rings is 1. The lowest BCUT2D eigenvalue weighted by atomic mass is 10.3. The molecule has 0 aromatic carbocycles. The first kappa shape index (κ1) is 11.8. The number of hydrogen-bond donors (Lipinski definition) is 1. The van der Waals surface area contributed by atoms with Crippen LogP contribution in [0, 0.1) is 0 Å². The van der Waals surface area contributed by atoms with Gasteiger partial charge in [-0.15, -0.1) is 0 Å². The number of nitrogens with zero attached hydrogens (tertiary/aromatic N) is 1. The molecule has 0 fully saturated rings. The fraction of sp³-hybridized carbons (Fsp3) is 0.444. The first-order valence-corrected chi connectivity index (χ1v) is 5.46. The van der Waals surface area contributed by atoms with E-state index in [2.05, 4.69) is 20.9 Å². The van der Waals surface area contributed by atoms with Crippen LogP contribution in [0.4, 0.5) is 0 Å². The van der Waals surface area contributed by atoms with E-state index in [4.69, 9.17) is 22.1 Å². The summed E-state index contributed by atoms with van der Waals surface area (Å²) in [6.07, 6.45) is 2.41. The van der Waals surface area contributed by atoms with E-state index in [9.17, 15) is 0 Å². The Labute approximate surface area is 96.7 Å². The average Bonchev–Trinajstić information content (AvgIpc) is 2.10. The SMILES string of the molecule is CC(N)CCOc1cnc(Cl)c(Br)c1. The first-order chi connectivity index (χ1) is 6.59. The molecule has 0 saturated carbocycles. The summed E-state index contributed by atoms with van der Waals surface area (Å²) >= 11 is 9.00. The van der Waals surface area contributed by atoms with Gasteiger partial charge in [-0.3, -0.25) is 0 Å². The quantitative estimate of drug-likeness (QED) is 0.862. The molecule has 0 aliphatic rings. The average molecular weight is 280 g/mol. The van der Waals surface area contributed by atoms with Crippen molar-refractivity contribution in [1.82, 2.24) is 4.98 Å². The van der Waals surface area contributed by atoms with Gasteiger partial charge in [-0.1, -0.05) is 11.6 Å². The van der Waals surface area contributed by atoms with Crippen molar-refractivity contribution < 1.29 is 4.74 Å². The van der Waals surface area contributed by atoms with E-state index in [1.165, 1.54) is 0 Å². The van der Waals surface area contributed by atoms with E-state index >= 15 is 0 Å². The van der Waals surface area contributed by atoms with Gasteiger partial charge in [-0.2, -0.15) is 0 Å². The van der Waals surface area contributed by atoms with Crippen molar-refractivity contribution >= 4 is 27.5 Å². The van der Waals surface area contributed by atoms with Crippen molar-refractivity contribution in [2.75, 3.05) is 6.61 Å².